The van der Waals surface area contributed by atoms with Crippen LogP contribution >= 0.6 is 11.6 Å². The fraction of sp³-hybridized carbons (Fsp3) is 0.649. The molecule has 2 aromatic carbocycles. The molecule has 3 aliphatic heterocycles. The number of benzene rings is 2. The maximum atomic E-state index is 15.6. The van der Waals surface area contributed by atoms with Gasteiger partial charge in [0.25, 0.3) is 0 Å². The second kappa shape index (κ2) is 35.4. The molecule has 31 heteroatoms. The van der Waals surface area contributed by atoms with Crippen molar-refractivity contribution < 1.29 is 83.9 Å². The molecule has 0 aromatic heterocycles. The number of halogens is 7. The van der Waals surface area contributed by atoms with Gasteiger partial charge in [-0.1, -0.05) is 101 Å². The first kappa shape index (κ1) is 84.0. The Hall–Kier alpha value is -8.31. The molecule has 24 nitrogen and oxygen atoms in total. The molecule has 0 unspecified atom stereocenters. The van der Waals surface area contributed by atoms with Gasteiger partial charge < -0.3 is 60.0 Å². The number of aryl methyl sites for hydroxylation is 1. The lowest BCUT2D eigenvalue weighted by Gasteiger charge is -2.42. The molecule has 9 atom stereocenters. The topological polar surface area (TPSA) is 270 Å². The smallest absolute Gasteiger partial charge is 0.347 e. The summed E-state index contributed by atoms with van der Waals surface area (Å²) in [7, 11) is 11.0. The first-order chi connectivity index (χ1) is 49.1. The van der Waals surface area contributed by atoms with Crippen LogP contribution in [0, 0.1) is 17.8 Å². The van der Waals surface area contributed by atoms with Gasteiger partial charge in [-0.2, -0.15) is 26.3 Å². The van der Waals surface area contributed by atoms with E-state index in [2.05, 4.69) is 16.0 Å². The third kappa shape index (κ3) is 20.2. The number of carbonyl (C=O) groups excluding carboxylic acids is 12. The second-order valence-electron chi connectivity index (χ2n) is 29.8. The van der Waals surface area contributed by atoms with Crippen molar-refractivity contribution in [3.8, 4) is 0 Å². The third-order valence-corrected chi connectivity index (χ3v) is 21.9. The molecule has 105 heavy (non-hydrogen) atoms. The van der Waals surface area contributed by atoms with Crippen molar-refractivity contribution in [3.05, 3.63) is 81.4 Å². The van der Waals surface area contributed by atoms with Gasteiger partial charge in [0.05, 0.1) is 35.7 Å². The summed E-state index contributed by atoms with van der Waals surface area (Å²) in [6.07, 6.45) is -5.29. The summed E-state index contributed by atoms with van der Waals surface area (Å²) in [5.41, 5.74) is -2.82. The van der Waals surface area contributed by atoms with E-state index in [1.54, 1.807) is 26.8 Å². The average molecular weight is 1500 g/mol. The number of hydrogen-bond acceptors (Lipinski definition) is 12. The van der Waals surface area contributed by atoms with Gasteiger partial charge in [-0.3, -0.25) is 57.5 Å². The maximum absolute atomic E-state index is 15.6. The van der Waals surface area contributed by atoms with Crippen LogP contribution in [-0.4, -0.2) is 251 Å². The molecule has 580 valence electrons. The van der Waals surface area contributed by atoms with E-state index in [4.69, 9.17) is 11.6 Å². The zero-order valence-electron chi connectivity index (χ0n) is 62.4. The largest absolute Gasteiger partial charge is 0.417 e. The predicted octanol–water partition coefficient (Wildman–Crippen LogP) is 6.49. The Bertz CT molecular complexity index is 3580. The number of fused-ring (bicyclic) bond motifs is 3. The Morgan fingerprint density at radius 1 is 0.648 bits per heavy atom. The third-order valence-electron chi connectivity index (χ3n) is 21.6. The van der Waals surface area contributed by atoms with E-state index in [1.165, 1.54) is 76.0 Å². The van der Waals surface area contributed by atoms with Crippen LogP contribution in [0.15, 0.2) is 54.1 Å². The van der Waals surface area contributed by atoms with Gasteiger partial charge in [-0.05, 0) is 124 Å². The molecule has 12 amide bonds. The molecule has 2 aromatic rings. The first-order valence-corrected chi connectivity index (χ1v) is 36.5. The van der Waals surface area contributed by atoms with Gasteiger partial charge >= 0.3 is 12.4 Å². The molecule has 1 spiro atoms. The summed E-state index contributed by atoms with van der Waals surface area (Å²) in [5, 5.41) is 7.90. The molecule has 2 saturated carbocycles. The molecule has 2 aliphatic carbocycles. The number of carbonyl (C=O) groups is 12. The Balaban J connectivity index is 1.33. The number of alkyl halides is 6. The van der Waals surface area contributed by atoms with Crippen molar-refractivity contribution in [2.24, 2.45) is 17.8 Å². The van der Waals surface area contributed by atoms with Crippen molar-refractivity contribution in [1.29, 1.82) is 0 Å². The summed E-state index contributed by atoms with van der Waals surface area (Å²) in [5.74, 6) is -10.4. The SMILES string of the molecule is CC[C@H](C)[C@@H]1NC(=O)[C@H](CC(C)C)N(C)C(=O)C[C@@H](C(=O)N(C)C)N(C)C(=O)[C@H](C2CCCC2)N(C)C(=O)C2(CCCC2)NC(=O)[C@@H]2CCCN2C(=O)[C@H](CCc2ccc(C(F)(F)F)c(Cl)c2)NC(=O)CN(C)C(=O)[C@H](Cc2ccc(C(F)(F)F)cc2)N2CC=C(C)C[C@@H](C2=O)N(C)C(=O)CN(C)C1=O. The van der Waals surface area contributed by atoms with E-state index < -0.39 is 191 Å². The van der Waals surface area contributed by atoms with Gasteiger partial charge in [0.15, 0.2) is 0 Å². The molecular weight excluding hydrogens is 1400 g/mol. The van der Waals surface area contributed by atoms with Crippen molar-refractivity contribution in [3.63, 3.8) is 0 Å². The van der Waals surface area contributed by atoms with Gasteiger partial charge in [0.1, 0.15) is 53.9 Å². The number of likely N-dealkylation sites (N-methyl/N-ethyl adjacent to an activating group) is 7. The van der Waals surface area contributed by atoms with Crippen LogP contribution in [0.5, 0.6) is 0 Å². The van der Waals surface area contributed by atoms with Crippen molar-refractivity contribution in [1.82, 2.24) is 60.0 Å². The Labute approximate surface area is 615 Å². The summed E-state index contributed by atoms with van der Waals surface area (Å²) in [6.45, 7) is 6.99. The lowest BCUT2D eigenvalue weighted by molar-refractivity contribution is -0.156. The predicted molar refractivity (Wildman–Crippen MR) is 377 cm³/mol. The van der Waals surface area contributed by atoms with E-state index in [0.717, 1.165) is 67.0 Å². The molecule has 3 heterocycles. The highest BCUT2D eigenvalue weighted by molar-refractivity contribution is 6.31. The van der Waals surface area contributed by atoms with Crippen molar-refractivity contribution >= 4 is 82.5 Å². The van der Waals surface area contributed by atoms with E-state index in [-0.39, 0.29) is 81.5 Å². The lowest BCUT2D eigenvalue weighted by atomic mass is 9.90. The highest BCUT2D eigenvalue weighted by Gasteiger charge is 2.52. The summed E-state index contributed by atoms with van der Waals surface area (Å²) < 4.78 is 83.6. The molecule has 2 bridgehead atoms. The molecule has 7 rings (SSSR count). The van der Waals surface area contributed by atoms with Crippen LogP contribution in [0.25, 0.3) is 0 Å². The molecule has 2 saturated heterocycles. The van der Waals surface area contributed by atoms with E-state index >= 15 is 28.8 Å². The number of nitrogens with zero attached hydrogens (tertiary/aromatic N) is 9. The highest BCUT2D eigenvalue weighted by atomic mass is 35.5. The summed E-state index contributed by atoms with van der Waals surface area (Å²) in [6, 6.07) is -4.23. The van der Waals surface area contributed by atoms with E-state index in [1.807, 2.05) is 13.8 Å². The summed E-state index contributed by atoms with van der Waals surface area (Å²) in [4.78, 5) is 191. The number of rotatable bonds is 11. The Morgan fingerprint density at radius 2 is 1.27 bits per heavy atom. The normalized spacial score (nSPS) is 25.6. The lowest BCUT2D eigenvalue weighted by Crippen LogP contribution is -2.65. The summed E-state index contributed by atoms with van der Waals surface area (Å²) >= 11 is 6.15. The van der Waals surface area contributed by atoms with Crippen molar-refractivity contribution in [2.75, 3.05) is 82.6 Å². The molecule has 4 fully saturated rings. The fourth-order valence-electron chi connectivity index (χ4n) is 15.0. The Kier molecular flexibility index (Phi) is 28.3. The fourth-order valence-corrected chi connectivity index (χ4v) is 15.4. The highest BCUT2D eigenvalue weighted by Crippen LogP contribution is 2.39. The van der Waals surface area contributed by atoms with Gasteiger partial charge in [-0.25, -0.2) is 0 Å². The van der Waals surface area contributed by atoms with Crippen LogP contribution in [0.3, 0.4) is 0 Å². The minimum atomic E-state index is -4.82. The quantitative estimate of drug-likeness (QED) is 0.161. The van der Waals surface area contributed by atoms with Gasteiger partial charge in [0, 0.05) is 75.9 Å². The van der Waals surface area contributed by atoms with E-state index in [9.17, 15) is 55.1 Å². The average Bonchev–Trinajstić information content (AvgIpc) is 1.68. The Morgan fingerprint density at radius 3 is 1.85 bits per heavy atom. The minimum absolute atomic E-state index is 0.0470. The van der Waals surface area contributed by atoms with Crippen LogP contribution < -0.4 is 16.0 Å². The van der Waals surface area contributed by atoms with Crippen LogP contribution in [-0.2, 0) is 82.7 Å². The van der Waals surface area contributed by atoms with Crippen LogP contribution in [0.4, 0.5) is 26.3 Å². The second-order valence-corrected chi connectivity index (χ2v) is 30.2. The zero-order chi connectivity index (χ0) is 78.1. The van der Waals surface area contributed by atoms with E-state index in [0.29, 0.717) is 50.5 Å². The first-order valence-electron chi connectivity index (χ1n) is 36.1. The van der Waals surface area contributed by atoms with Gasteiger partial charge in [0.2, 0.25) is 70.9 Å². The monoisotopic (exact) mass is 1500 g/mol. The molecule has 5 aliphatic rings. The van der Waals surface area contributed by atoms with Crippen molar-refractivity contribution in [2.45, 2.75) is 210 Å². The number of nitrogens with one attached hydrogen (secondary N) is 3. The maximum Gasteiger partial charge on any atom is 0.417 e. The van der Waals surface area contributed by atoms with Gasteiger partial charge in [-0.15, -0.1) is 0 Å². The molecule has 0 radical (unpaired) electrons. The van der Waals surface area contributed by atoms with Crippen LogP contribution in [0.1, 0.15) is 153 Å². The van der Waals surface area contributed by atoms with Crippen LogP contribution in [0.2, 0.25) is 5.02 Å². The molecule has 3 N–H and O–H groups in total. The standard InChI is InChI=1S/C74H103ClF6N12O12/c1-14-45(5)61-69(103)87(9)42-60(96)89(11)55-37-44(4)31-35-93(68(55)102)57(39-47-23-27-49(28-24-47)73(76,77)78)67(101)86(8)41-58(94)82-52(30-26-46-25-29-50(51(75)38-46)74(79,80)81)65(99)92-34-19-22-53(92)64(98)84-72(32-17-18-33-72)71(105)91(13)62(48-20-15-16-21-48)70(104)90(12)56(66(100)85(6)7)40-59(95)88(10)54(36-43(2)3)63(97)83-61/h23-25,27-29,31,38,43,45,48,52-57,61-62H,14-22,26,30,32-37,39-42H2,1-13H3,(H,82,94)(H,83,97)(H,84,98)/t45-,52-,53-,54-,55-,56-,57-,61-,62-/m0/s1. The zero-order valence-corrected chi connectivity index (χ0v) is 63.1. The minimum Gasteiger partial charge on any atom is -0.347 e. The number of hydrogen-bond donors (Lipinski definition) is 3. The number of amides is 12. The molecular formula is C74H103ClF6N12O12.